The Morgan fingerprint density at radius 1 is 1.00 bits per heavy atom. The Bertz CT molecular complexity index is 968. The van der Waals surface area contributed by atoms with E-state index in [2.05, 4.69) is 35.1 Å². The summed E-state index contributed by atoms with van der Waals surface area (Å²) < 4.78 is 5.81. The molecule has 3 rings (SSSR count). The van der Waals surface area contributed by atoms with Gasteiger partial charge in [0.2, 0.25) is 0 Å². The van der Waals surface area contributed by atoms with Crippen LogP contribution in [0.15, 0.2) is 24.4 Å². The van der Waals surface area contributed by atoms with Gasteiger partial charge in [0.25, 0.3) is 0 Å². The van der Waals surface area contributed by atoms with E-state index in [4.69, 9.17) is 11.2 Å². The van der Waals surface area contributed by atoms with E-state index in [1.807, 2.05) is 19.2 Å². The Balaban J connectivity index is 1.42. The number of carbonyl (C=O) groups is 1. The summed E-state index contributed by atoms with van der Waals surface area (Å²) in [7, 11) is 4.04. The molecule has 0 bridgehead atoms. The van der Waals surface area contributed by atoms with Gasteiger partial charge in [-0.05, 0) is 50.4 Å². The summed E-state index contributed by atoms with van der Waals surface area (Å²) in [4.78, 5) is 20.2. The van der Waals surface area contributed by atoms with Crippen LogP contribution in [0.1, 0.15) is 102 Å². The lowest BCUT2D eigenvalue weighted by Crippen LogP contribution is -2.30. The molecule has 1 amide bonds. The average Bonchev–Trinajstić information content (AvgIpc) is 3.12. The fourth-order valence-corrected chi connectivity index (χ4v) is 5.55. The normalized spacial score (nSPS) is 14.5. The van der Waals surface area contributed by atoms with Crippen LogP contribution in [0, 0.1) is 18.3 Å². The van der Waals surface area contributed by atoms with Crippen molar-refractivity contribution in [2.45, 2.75) is 103 Å². The average molecular weight is 508 g/mol. The number of ether oxygens (including phenoxy) is 1. The number of unbranched alkanes of at least 4 members (excludes halogenated alkanes) is 7. The second-order valence-corrected chi connectivity index (χ2v) is 11.1. The van der Waals surface area contributed by atoms with Gasteiger partial charge in [0.05, 0.1) is 5.52 Å². The molecule has 0 atom stereocenters. The van der Waals surface area contributed by atoms with E-state index in [9.17, 15) is 4.79 Å². The van der Waals surface area contributed by atoms with E-state index in [1.165, 1.54) is 76.2 Å². The Morgan fingerprint density at radius 3 is 2.43 bits per heavy atom. The number of H-pyrrole nitrogens is 1. The zero-order valence-corrected chi connectivity index (χ0v) is 23.4. The molecule has 1 aromatic heterocycles. The molecule has 0 radical (unpaired) electrons. The predicted molar refractivity (Wildman–Crippen MR) is 155 cm³/mol. The van der Waals surface area contributed by atoms with Crippen LogP contribution in [0.25, 0.3) is 10.9 Å². The maximum Gasteiger partial charge on any atom is 0.415 e. The van der Waals surface area contributed by atoms with Crippen molar-refractivity contribution in [1.29, 1.82) is 0 Å². The summed E-state index contributed by atoms with van der Waals surface area (Å²) in [5.41, 5.74) is 2.16. The minimum Gasteiger partial charge on any atom is -0.408 e. The van der Waals surface area contributed by atoms with E-state index in [0.717, 1.165) is 55.6 Å². The largest absolute Gasteiger partial charge is 0.415 e. The summed E-state index contributed by atoms with van der Waals surface area (Å²) in [5, 5.41) is 1.14. The third-order valence-electron chi connectivity index (χ3n) is 7.92. The molecule has 204 valence electrons. The summed E-state index contributed by atoms with van der Waals surface area (Å²) in [6.45, 7) is 2.74. The van der Waals surface area contributed by atoms with Gasteiger partial charge in [-0.1, -0.05) is 82.8 Å². The topological polar surface area (TPSA) is 48.6 Å². The number of amides is 1. The zero-order chi connectivity index (χ0) is 26.3. The van der Waals surface area contributed by atoms with Gasteiger partial charge in [-0.3, -0.25) is 0 Å². The number of aromatic amines is 1. The Kier molecular flexibility index (Phi) is 12.9. The summed E-state index contributed by atoms with van der Waals surface area (Å²) in [6.07, 6.45) is 25.9. The van der Waals surface area contributed by atoms with Crippen molar-refractivity contribution in [3.63, 3.8) is 0 Å². The quantitative estimate of drug-likeness (QED) is 0.150. The van der Waals surface area contributed by atoms with Crippen LogP contribution in [0.4, 0.5) is 4.79 Å². The van der Waals surface area contributed by atoms with Gasteiger partial charge < -0.3 is 19.5 Å². The number of carbonyl (C=O) groups excluding carboxylic acids is 1. The van der Waals surface area contributed by atoms with Crippen molar-refractivity contribution in [1.82, 2.24) is 14.8 Å². The van der Waals surface area contributed by atoms with Gasteiger partial charge >= 0.3 is 6.09 Å². The van der Waals surface area contributed by atoms with E-state index in [-0.39, 0.29) is 6.09 Å². The first kappa shape index (κ1) is 29.1. The van der Waals surface area contributed by atoms with Gasteiger partial charge in [-0.25, -0.2) is 4.79 Å². The minimum atomic E-state index is -0.293. The number of para-hydroxylation sites is 1. The highest BCUT2D eigenvalue weighted by molar-refractivity contribution is 5.90. The highest BCUT2D eigenvalue weighted by Gasteiger charge is 2.17. The number of terminal acetylenes is 1. The molecule has 1 N–H and O–H groups in total. The van der Waals surface area contributed by atoms with Crippen molar-refractivity contribution in [3.05, 3.63) is 30.0 Å². The Morgan fingerprint density at radius 2 is 1.70 bits per heavy atom. The molecular weight excluding hydrogens is 458 g/mol. The van der Waals surface area contributed by atoms with Crippen LogP contribution >= 0.6 is 0 Å². The number of hydrogen-bond acceptors (Lipinski definition) is 3. The lowest BCUT2D eigenvalue weighted by atomic mass is 9.96. The van der Waals surface area contributed by atoms with Gasteiger partial charge in [-0.15, -0.1) is 12.3 Å². The number of rotatable bonds is 15. The molecule has 5 heteroatoms. The van der Waals surface area contributed by atoms with Crippen molar-refractivity contribution < 1.29 is 9.53 Å². The monoisotopic (exact) mass is 507 g/mol. The molecule has 0 unspecified atom stereocenters. The molecule has 37 heavy (non-hydrogen) atoms. The summed E-state index contributed by atoms with van der Waals surface area (Å²) in [5.74, 6) is 4.19. The van der Waals surface area contributed by atoms with Crippen molar-refractivity contribution >= 4 is 17.0 Å². The Hall–Kier alpha value is -2.45. The summed E-state index contributed by atoms with van der Waals surface area (Å²) >= 11 is 0. The fourth-order valence-electron chi connectivity index (χ4n) is 5.55. The number of nitrogens with zero attached hydrogens (tertiary/aromatic N) is 2. The van der Waals surface area contributed by atoms with Gasteiger partial charge in [0.15, 0.2) is 5.75 Å². The first-order valence-electron chi connectivity index (χ1n) is 14.7. The maximum atomic E-state index is 12.7. The fraction of sp³-hybridized carbons (Fsp3) is 0.656. The first-order valence-corrected chi connectivity index (χ1v) is 14.7. The highest BCUT2D eigenvalue weighted by Crippen LogP contribution is 2.29. The number of benzene rings is 1. The lowest BCUT2D eigenvalue weighted by Gasteiger charge is -2.20. The van der Waals surface area contributed by atoms with Crippen LogP contribution < -0.4 is 4.74 Å². The van der Waals surface area contributed by atoms with Gasteiger partial charge in [0, 0.05) is 38.1 Å². The maximum absolute atomic E-state index is 12.7. The molecule has 0 spiro atoms. The second kappa shape index (κ2) is 16.4. The standard InChI is InChI=1S/C32H49N3O2/c1-4-5-6-7-8-9-10-13-16-23-35(3)32(36)37-30-21-17-20-29-28(25-33-31(29)30)26-34(2)24-22-27-18-14-11-12-15-19-27/h1,17,20-21,25,27,33H,5-16,18-19,22-24,26H2,2-3H3. The van der Waals surface area contributed by atoms with Crippen molar-refractivity contribution in [2.75, 3.05) is 27.2 Å². The Labute approximate surface area is 225 Å². The van der Waals surface area contributed by atoms with Gasteiger partial charge in [0.1, 0.15) is 0 Å². The molecule has 1 aliphatic carbocycles. The van der Waals surface area contributed by atoms with Crippen LogP contribution in [-0.4, -0.2) is 48.1 Å². The number of nitrogens with one attached hydrogen (secondary N) is 1. The first-order chi connectivity index (χ1) is 18.1. The van der Waals surface area contributed by atoms with E-state index < -0.39 is 0 Å². The van der Waals surface area contributed by atoms with Crippen LogP contribution in [0.3, 0.4) is 0 Å². The molecule has 0 aliphatic heterocycles. The number of hydrogen-bond donors (Lipinski definition) is 1. The molecule has 2 aromatic rings. The van der Waals surface area contributed by atoms with Crippen molar-refractivity contribution in [3.8, 4) is 18.1 Å². The number of fused-ring (bicyclic) bond motifs is 1. The zero-order valence-electron chi connectivity index (χ0n) is 23.4. The third-order valence-corrected chi connectivity index (χ3v) is 7.92. The second-order valence-electron chi connectivity index (χ2n) is 11.1. The van der Waals surface area contributed by atoms with Gasteiger partial charge in [-0.2, -0.15) is 0 Å². The molecule has 1 fully saturated rings. The minimum absolute atomic E-state index is 0.293. The molecule has 0 saturated heterocycles. The molecule has 5 nitrogen and oxygen atoms in total. The SMILES string of the molecule is C#CCCCCCCCCCN(C)C(=O)Oc1cccc2c(CN(C)CCC3CCCCCC3)c[nH]c12. The molecular formula is C32H49N3O2. The van der Waals surface area contributed by atoms with Crippen LogP contribution in [0.2, 0.25) is 0 Å². The van der Waals surface area contributed by atoms with Crippen LogP contribution in [-0.2, 0) is 6.54 Å². The number of aromatic nitrogens is 1. The molecule has 1 aliphatic rings. The summed E-state index contributed by atoms with van der Waals surface area (Å²) in [6, 6.07) is 5.98. The van der Waals surface area contributed by atoms with E-state index >= 15 is 0 Å². The van der Waals surface area contributed by atoms with Crippen LogP contribution in [0.5, 0.6) is 5.75 Å². The van der Waals surface area contributed by atoms with Crippen molar-refractivity contribution in [2.24, 2.45) is 5.92 Å². The van der Waals surface area contributed by atoms with E-state index in [0.29, 0.717) is 12.3 Å². The lowest BCUT2D eigenvalue weighted by molar-refractivity contribution is 0.162. The molecule has 1 aromatic carbocycles. The third kappa shape index (κ3) is 10.1. The predicted octanol–water partition coefficient (Wildman–Crippen LogP) is 8.14. The molecule has 1 heterocycles. The van der Waals surface area contributed by atoms with E-state index in [1.54, 1.807) is 4.90 Å². The smallest absolute Gasteiger partial charge is 0.408 e. The molecule has 1 saturated carbocycles. The highest BCUT2D eigenvalue weighted by atomic mass is 16.6.